The van der Waals surface area contributed by atoms with Crippen LogP contribution in [0.25, 0.3) is 0 Å². The predicted molar refractivity (Wildman–Crippen MR) is 28.2 cm³/mol. The van der Waals surface area contributed by atoms with Gasteiger partial charge in [-0.05, 0) is 0 Å². The number of hydrazine groups is 2. The van der Waals surface area contributed by atoms with Gasteiger partial charge in [-0.2, -0.15) is 0 Å². The van der Waals surface area contributed by atoms with Crippen LogP contribution in [0.15, 0.2) is 0 Å². The van der Waals surface area contributed by atoms with Gasteiger partial charge in [0.25, 0.3) is 0 Å². The molecule has 0 aliphatic rings. The standard InChI is InChI=1S/C2H6N2O2.H4N2/c3-4-1-2(5)6;1-2/h4H,1,3H2,(H,5,6);1-2H2. The third kappa shape index (κ3) is 18.5. The van der Waals surface area contributed by atoms with E-state index >= 15 is 0 Å². The van der Waals surface area contributed by atoms with Crippen LogP contribution >= 0.6 is 0 Å². The molecule has 0 fully saturated rings. The monoisotopic (exact) mass is 122 g/mol. The number of hydrogen-bond acceptors (Lipinski definition) is 5. The van der Waals surface area contributed by atoms with E-state index in [4.69, 9.17) is 5.11 Å². The van der Waals surface area contributed by atoms with Gasteiger partial charge in [0.15, 0.2) is 0 Å². The highest BCUT2D eigenvalue weighted by Crippen LogP contribution is 1.48. The fourth-order valence-corrected chi connectivity index (χ4v) is 0.0873. The van der Waals surface area contributed by atoms with Crippen molar-refractivity contribution in [2.45, 2.75) is 0 Å². The van der Waals surface area contributed by atoms with Gasteiger partial charge < -0.3 is 5.11 Å². The lowest BCUT2D eigenvalue weighted by Crippen LogP contribution is -2.28. The van der Waals surface area contributed by atoms with Crippen LogP contribution in [-0.2, 0) is 4.79 Å². The lowest BCUT2D eigenvalue weighted by atomic mass is 10.7. The molecule has 0 unspecified atom stereocenters. The summed E-state index contributed by atoms with van der Waals surface area (Å²) in [6.45, 7) is -0.181. The van der Waals surface area contributed by atoms with Crippen molar-refractivity contribution in [3.05, 3.63) is 0 Å². The Kier molecular flexibility index (Phi) is 12.4. The Morgan fingerprint density at radius 2 is 2.00 bits per heavy atom. The molecule has 0 aliphatic carbocycles. The van der Waals surface area contributed by atoms with E-state index in [2.05, 4.69) is 17.5 Å². The Bertz CT molecular complexity index is 56.0. The zero-order valence-electron chi connectivity index (χ0n) is 4.29. The van der Waals surface area contributed by atoms with Crippen molar-refractivity contribution in [3.8, 4) is 0 Å². The van der Waals surface area contributed by atoms with Gasteiger partial charge in [-0.3, -0.25) is 22.3 Å². The van der Waals surface area contributed by atoms with Crippen LogP contribution < -0.4 is 23.0 Å². The quantitative estimate of drug-likeness (QED) is 0.201. The zero-order chi connectivity index (χ0) is 6.99. The van der Waals surface area contributed by atoms with Gasteiger partial charge >= 0.3 is 5.97 Å². The molecule has 0 aromatic carbocycles. The molecule has 6 heteroatoms. The third-order valence-corrected chi connectivity index (χ3v) is 0.253. The van der Waals surface area contributed by atoms with Crippen molar-refractivity contribution >= 4 is 5.97 Å². The second-order valence-corrected chi connectivity index (χ2v) is 0.775. The second kappa shape index (κ2) is 9.58. The molecule has 0 spiro atoms. The Balaban J connectivity index is 0. The number of carbonyl (C=O) groups is 1. The summed E-state index contributed by atoms with van der Waals surface area (Å²) in [6.07, 6.45) is 0. The number of rotatable bonds is 2. The van der Waals surface area contributed by atoms with Crippen LogP contribution in [0.5, 0.6) is 0 Å². The first-order chi connectivity index (χ1) is 3.77. The number of nitrogens with one attached hydrogen (secondary N) is 1. The first kappa shape index (κ1) is 10.3. The normalized spacial score (nSPS) is 6.88. The van der Waals surface area contributed by atoms with Crippen molar-refractivity contribution in [2.75, 3.05) is 6.54 Å². The lowest BCUT2D eigenvalue weighted by Gasteiger charge is -1.84. The van der Waals surface area contributed by atoms with Crippen LogP contribution in [-0.4, -0.2) is 17.6 Å². The molecule has 50 valence electrons. The van der Waals surface area contributed by atoms with Gasteiger partial charge in [-0.1, -0.05) is 0 Å². The van der Waals surface area contributed by atoms with E-state index in [1.165, 1.54) is 0 Å². The van der Waals surface area contributed by atoms with Crippen molar-refractivity contribution in [2.24, 2.45) is 17.5 Å². The minimum atomic E-state index is -0.947. The maximum absolute atomic E-state index is 9.46. The van der Waals surface area contributed by atoms with Gasteiger partial charge in [-0.15, -0.1) is 0 Å². The van der Waals surface area contributed by atoms with Crippen molar-refractivity contribution in [3.63, 3.8) is 0 Å². The zero-order valence-corrected chi connectivity index (χ0v) is 4.29. The number of aliphatic carboxylic acids is 1. The Labute approximate surface area is 46.6 Å². The van der Waals surface area contributed by atoms with Crippen LogP contribution in [0.3, 0.4) is 0 Å². The number of carboxylic acids is 1. The van der Waals surface area contributed by atoms with Gasteiger partial charge in [0, 0.05) is 0 Å². The van der Waals surface area contributed by atoms with Crippen LogP contribution in [0.2, 0.25) is 0 Å². The summed E-state index contributed by atoms with van der Waals surface area (Å²) in [7, 11) is 0. The van der Waals surface area contributed by atoms with E-state index in [9.17, 15) is 4.79 Å². The minimum Gasteiger partial charge on any atom is -0.480 e. The highest BCUT2D eigenvalue weighted by atomic mass is 16.4. The molecule has 0 heterocycles. The molecule has 8 N–H and O–H groups in total. The molecule has 0 aromatic rings. The molecule has 0 aromatic heterocycles. The van der Waals surface area contributed by atoms with Crippen molar-refractivity contribution in [1.82, 2.24) is 5.43 Å². The topological polar surface area (TPSA) is 127 Å². The van der Waals surface area contributed by atoms with Crippen molar-refractivity contribution < 1.29 is 9.90 Å². The fraction of sp³-hybridized carbons (Fsp3) is 0.500. The minimum absolute atomic E-state index is 0.181. The maximum atomic E-state index is 9.46. The SMILES string of the molecule is NN.NNCC(=O)O. The summed E-state index contributed by atoms with van der Waals surface area (Å²) >= 11 is 0. The molecule has 8 heavy (non-hydrogen) atoms. The number of carboxylic acid groups (broad SMARTS) is 1. The van der Waals surface area contributed by atoms with Crippen molar-refractivity contribution in [1.29, 1.82) is 0 Å². The van der Waals surface area contributed by atoms with E-state index < -0.39 is 5.97 Å². The maximum Gasteiger partial charge on any atom is 0.318 e. The van der Waals surface area contributed by atoms with Crippen LogP contribution in [0.4, 0.5) is 0 Å². The summed E-state index contributed by atoms with van der Waals surface area (Å²) in [5, 5.41) is 7.77. The molecular formula is C2H10N4O2. The van der Waals surface area contributed by atoms with Gasteiger partial charge in [0.2, 0.25) is 0 Å². The summed E-state index contributed by atoms with van der Waals surface area (Å²) in [6, 6.07) is 0. The molecule has 0 aliphatic heterocycles. The average Bonchev–Trinajstić information content (AvgIpc) is 1.72. The third-order valence-electron chi connectivity index (χ3n) is 0.253. The molecular weight excluding hydrogens is 112 g/mol. The van der Waals surface area contributed by atoms with Crippen LogP contribution in [0.1, 0.15) is 0 Å². The molecule has 0 saturated heterocycles. The Morgan fingerprint density at radius 3 is 2.00 bits per heavy atom. The molecule has 0 bridgehead atoms. The largest absolute Gasteiger partial charge is 0.480 e. The van der Waals surface area contributed by atoms with E-state index in [0.29, 0.717) is 0 Å². The summed E-state index contributed by atoms with van der Waals surface area (Å²) in [4.78, 5) is 9.46. The van der Waals surface area contributed by atoms with E-state index in [1.807, 2.05) is 5.43 Å². The number of hydrogen-bond donors (Lipinski definition) is 5. The summed E-state index contributed by atoms with van der Waals surface area (Å²) < 4.78 is 0. The Morgan fingerprint density at radius 1 is 1.62 bits per heavy atom. The highest BCUT2D eigenvalue weighted by Gasteiger charge is 1.86. The van der Waals surface area contributed by atoms with E-state index in [1.54, 1.807) is 0 Å². The molecule has 0 radical (unpaired) electrons. The highest BCUT2D eigenvalue weighted by molar-refractivity contribution is 5.68. The fourth-order valence-electron chi connectivity index (χ4n) is 0.0873. The molecule has 0 amide bonds. The second-order valence-electron chi connectivity index (χ2n) is 0.775. The van der Waals surface area contributed by atoms with Gasteiger partial charge in [-0.25, -0.2) is 5.43 Å². The van der Waals surface area contributed by atoms with Gasteiger partial charge in [0.1, 0.15) is 6.54 Å². The van der Waals surface area contributed by atoms with Crippen LogP contribution in [0, 0.1) is 0 Å². The average molecular weight is 122 g/mol. The summed E-state index contributed by atoms with van der Waals surface area (Å²) in [5.74, 6) is 11.7. The van der Waals surface area contributed by atoms with E-state index in [-0.39, 0.29) is 6.54 Å². The predicted octanol–water partition coefficient (Wildman–Crippen LogP) is -2.65. The molecule has 0 rings (SSSR count). The first-order valence-electron chi connectivity index (χ1n) is 1.76. The molecule has 6 nitrogen and oxygen atoms in total. The Hall–Kier alpha value is -0.690. The van der Waals surface area contributed by atoms with E-state index in [0.717, 1.165) is 0 Å². The lowest BCUT2D eigenvalue weighted by molar-refractivity contribution is -0.135. The molecule has 0 atom stereocenters. The number of nitrogens with two attached hydrogens (primary N) is 3. The first-order valence-corrected chi connectivity index (χ1v) is 1.76. The molecule has 0 saturated carbocycles. The summed E-state index contributed by atoms with van der Waals surface area (Å²) in [5.41, 5.74) is 1.97. The smallest absolute Gasteiger partial charge is 0.318 e. The van der Waals surface area contributed by atoms with Gasteiger partial charge in [0.05, 0.1) is 0 Å².